The highest BCUT2D eigenvalue weighted by atomic mass is 16.5. The number of methoxy groups -OCH3 is 1. The molecule has 4 rings (SSSR count). The number of ether oxygens (including phenoxy) is 3. The van der Waals surface area contributed by atoms with Gasteiger partial charge in [0.2, 0.25) is 5.91 Å². The molecule has 180 valence electrons. The molecule has 1 amide bonds. The predicted octanol–water partition coefficient (Wildman–Crippen LogP) is 2.04. The van der Waals surface area contributed by atoms with Crippen molar-refractivity contribution in [1.29, 1.82) is 5.26 Å². The molecule has 2 aliphatic rings. The fourth-order valence-electron chi connectivity index (χ4n) is 4.54. The minimum absolute atomic E-state index is 0.00896. The van der Waals surface area contributed by atoms with Crippen LogP contribution in [-0.2, 0) is 16.1 Å². The second-order valence-electron chi connectivity index (χ2n) is 8.77. The van der Waals surface area contributed by atoms with Gasteiger partial charge in [-0.25, -0.2) is 0 Å². The standard InChI is InChI=1S/C26H32N4O4/c1-32-24-5-2-3-6-25(24)33-12-4-11-29-15-22-17-30(18-23(16-29)34-22)19-26(31)28-14-21-9-7-20(13-27)8-10-21/h2-3,5-10,22-23H,4,11-12,14-19H2,1H3,(H,28,31). The van der Waals surface area contributed by atoms with Crippen LogP contribution in [0.2, 0.25) is 0 Å². The molecule has 2 atom stereocenters. The fourth-order valence-corrected chi connectivity index (χ4v) is 4.54. The van der Waals surface area contributed by atoms with E-state index in [1.165, 1.54) is 0 Å². The van der Waals surface area contributed by atoms with Crippen molar-refractivity contribution in [1.82, 2.24) is 15.1 Å². The van der Waals surface area contributed by atoms with Crippen LogP contribution in [0.4, 0.5) is 0 Å². The van der Waals surface area contributed by atoms with Crippen LogP contribution in [0.5, 0.6) is 11.5 Å². The van der Waals surface area contributed by atoms with E-state index < -0.39 is 0 Å². The Kier molecular flexibility index (Phi) is 8.36. The highest BCUT2D eigenvalue weighted by molar-refractivity contribution is 5.78. The van der Waals surface area contributed by atoms with Gasteiger partial charge in [-0.05, 0) is 36.2 Å². The molecule has 0 radical (unpaired) electrons. The Hall–Kier alpha value is -3.12. The Morgan fingerprint density at radius 1 is 1.06 bits per heavy atom. The van der Waals surface area contributed by atoms with Gasteiger partial charge in [-0.15, -0.1) is 0 Å². The molecule has 0 aliphatic carbocycles. The van der Waals surface area contributed by atoms with Crippen LogP contribution in [0.3, 0.4) is 0 Å². The average Bonchev–Trinajstić information content (AvgIpc) is 2.85. The van der Waals surface area contributed by atoms with E-state index in [4.69, 9.17) is 19.5 Å². The maximum atomic E-state index is 12.4. The molecular weight excluding hydrogens is 432 g/mol. The zero-order valence-electron chi connectivity index (χ0n) is 19.6. The molecule has 2 unspecified atom stereocenters. The summed E-state index contributed by atoms with van der Waals surface area (Å²) in [5, 5.41) is 11.9. The Balaban J connectivity index is 1.15. The monoisotopic (exact) mass is 464 g/mol. The number of nitriles is 1. The van der Waals surface area contributed by atoms with Crippen molar-refractivity contribution in [2.24, 2.45) is 0 Å². The number of morpholine rings is 2. The van der Waals surface area contributed by atoms with Crippen molar-refractivity contribution in [2.75, 3.05) is 53.0 Å². The van der Waals surface area contributed by atoms with E-state index in [2.05, 4.69) is 21.2 Å². The Morgan fingerprint density at radius 2 is 1.74 bits per heavy atom. The number of rotatable bonds is 10. The van der Waals surface area contributed by atoms with Crippen LogP contribution in [0.15, 0.2) is 48.5 Å². The summed E-state index contributed by atoms with van der Waals surface area (Å²) in [4.78, 5) is 17.1. The molecule has 0 aromatic heterocycles. The summed E-state index contributed by atoms with van der Waals surface area (Å²) in [5.74, 6) is 1.54. The van der Waals surface area contributed by atoms with Gasteiger partial charge in [0.15, 0.2) is 11.5 Å². The van der Waals surface area contributed by atoms with Gasteiger partial charge in [-0.2, -0.15) is 5.26 Å². The van der Waals surface area contributed by atoms with Gasteiger partial charge in [0.25, 0.3) is 0 Å². The van der Waals surface area contributed by atoms with Crippen LogP contribution in [0.1, 0.15) is 17.5 Å². The SMILES string of the molecule is COc1ccccc1OCCCN1CC2CN(CC(=O)NCc3ccc(C#N)cc3)CC(C1)O2. The fraction of sp³-hybridized carbons (Fsp3) is 0.462. The molecule has 2 aliphatic heterocycles. The van der Waals surface area contributed by atoms with Crippen LogP contribution in [0.25, 0.3) is 0 Å². The zero-order valence-corrected chi connectivity index (χ0v) is 19.6. The number of nitrogens with one attached hydrogen (secondary N) is 1. The van der Waals surface area contributed by atoms with Crippen molar-refractivity contribution < 1.29 is 19.0 Å². The molecule has 2 aromatic carbocycles. The van der Waals surface area contributed by atoms with E-state index in [-0.39, 0.29) is 18.1 Å². The number of carbonyl (C=O) groups excluding carboxylic acids is 1. The molecule has 2 saturated heterocycles. The number of hydrogen-bond donors (Lipinski definition) is 1. The molecule has 34 heavy (non-hydrogen) atoms. The maximum Gasteiger partial charge on any atom is 0.234 e. The van der Waals surface area contributed by atoms with Gasteiger partial charge in [0.05, 0.1) is 44.1 Å². The number of amides is 1. The van der Waals surface area contributed by atoms with E-state index in [0.29, 0.717) is 25.3 Å². The summed E-state index contributed by atoms with van der Waals surface area (Å²) < 4.78 is 17.4. The van der Waals surface area contributed by atoms with Crippen LogP contribution in [0, 0.1) is 11.3 Å². The number of benzene rings is 2. The number of fused-ring (bicyclic) bond motifs is 2. The molecule has 0 spiro atoms. The normalized spacial score (nSPS) is 20.4. The topological polar surface area (TPSA) is 87.1 Å². The van der Waals surface area contributed by atoms with Crippen molar-refractivity contribution in [2.45, 2.75) is 25.2 Å². The van der Waals surface area contributed by atoms with Gasteiger partial charge >= 0.3 is 0 Å². The van der Waals surface area contributed by atoms with E-state index in [1.807, 2.05) is 36.4 Å². The summed E-state index contributed by atoms with van der Waals surface area (Å²) in [6.45, 7) is 5.69. The van der Waals surface area contributed by atoms with Crippen molar-refractivity contribution in [3.63, 3.8) is 0 Å². The zero-order chi connectivity index (χ0) is 23.8. The first-order valence-electron chi connectivity index (χ1n) is 11.7. The maximum absolute atomic E-state index is 12.4. The molecule has 1 N–H and O–H groups in total. The molecule has 0 saturated carbocycles. The lowest BCUT2D eigenvalue weighted by molar-refractivity contribution is -0.145. The second kappa shape index (κ2) is 11.8. The van der Waals surface area contributed by atoms with Crippen LogP contribution in [-0.4, -0.2) is 80.9 Å². The van der Waals surface area contributed by atoms with E-state index in [1.54, 1.807) is 19.2 Å². The molecule has 2 heterocycles. The number of hydrogen-bond acceptors (Lipinski definition) is 7. The average molecular weight is 465 g/mol. The first-order valence-corrected chi connectivity index (χ1v) is 11.7. The van der Waals surface area contributed by atoms with Gasteiger partial charge < -0.3 is 19.5 Å². The Morgan fingerprint density at radius 3 is 2.41 bits per heavy atom. The largest absolute Gasteiger partial charge is 0.493 e. The van der Waals surface area contributed by atoms with Crippen molar-refractivity contribution in [3.8, 4) is 17.6 Å². The number of nitrogens with zero attached hydrogens (tertiary/aromatic N) is 3. The smallest absolute Gasteiger partial charge is 0.234 e. The quantitative estimate of drug-likeness (QED) is 0.539. The lowest BCUT2D eigenvalue weighted by Gasteiger charge is -2.45. The number of para-hydroxylation sites is 2. The Labute approximate surface area is 201 Å². The van der Waals surface area contributed by atoms with Gasteiger partial charge in [0, 0.05) is 39.3 Å². The summed E-state index contributed by atoms with van der Waals surface area (Å²) in [6.07, 6.45) is 1.17. The third-order valence-electron chi connectivity index (χ3n) is 6.12. The number of carbonyl (C=O) groups is 1. The van der Waals surface area contributed by atoms with E-state index >= 15 is 0 Å². The van der Waals surface area contributed by atoms with Crippen LogP contribution >= 0.6 is 0 Å². The van der Waals surface area contributed by atoms with Crippen molar-refractivity contribution >= 4 is 5.91 Å². The van der Waals surface area contributed by atoms with Crippen molar-refractivity contribution in [3.05, 3.63) is 59.7 Å². The van der Waals surface area contributed by atoms with Gasteiger partial charge in [-0.3, -0.25) is 14.6 Å². The highest BCUT2D eigenvalue weighted by Gasteiger charge is 2.35. The van der Waals surface area contributed by atoms with E-state index in [9.17, 15) is 4.79 Å². The van der Waals surface area contributed by atoms with Gasteiger partial charge in [-0.1, -0.05) is 24.3 Å². The first kappa shape index (κ1) is 24.0. The minimum atomic E-state index is 0.00896. The highest BCUT2D eigenvalue weighted by Crippen LogP contribution is 2.26. The molecule has 8 heteroatoms. The summed E-state index contributed by atoms with van der Waals surface area (Å²) >= 11 is 0. The first-order chi connectivity index (χ1) is 16.6. The minimum Gasteiger partial charge on any atom is -0.493 e. The third kappa shape index (κ3) is 6.70. The van der Waals surface area contributed by atoms with Crippen LogP contribution < -0.4 is 14.8 Å². The molecule has 8 nitrogen and oxygen atoms in total. The predicted molar refractivity (Wildman–Crippen MR) is 128 cm³/mol. The van der Waals surface area contributed by atoms with E-state index in [0.717, 1.165) is 56.2 Å². The molecule has 2 bridgehead atoms. The molecule has 2 aromatic rings. The summed E-state index contributed by atoms with van der Waals surface area (Å²) in [7, 11) is 1.65. The Bertz CT molecular complexity index is 977. The van der Waals surface area contributed by atoms with Gasteiger partial charge in [0.1, 0.15) is 0 Å². The molecular formula is C26H32N4O4. The summed E-state index contributed by atoms with van der Waals surface area (Å²) in [6, 6.07) is 17.1. The second-order valence-corrected chi connectivity index (χ2v) is 8.77. The lowest BCUT2D eigenvalue weighted by atomic mass is 10.1. The lowest BCUT2D eigenvalue weighted by Crippen LogP contribution is -2.60. The third-order valence-corrected chi connectivity index (χ3v) is 6.12. The summed E-state index contributed by atoms with van der Waals surface area (Å²) in [5.41, 5.74) is 1.60. The molecule has 2 fully saturated rings.